The molecule has 2 saturated carbocycles. The summed E-state index contributed by atoms with van der Waals surface area (Å²) >= 11 is 7.24. The molecule has 8 rings (SSSR count). The van der Waals surface area contributed by atoms with Crippen LogP contribution < -0.4 is 0 Å². The fourth-order valence-corrected chi connectivity index (χ4v) is 11.7. The third-order valence-electron chi connectivity index (χ3n) is 13.9. The number of nitrogens with zero attached hydrogens (tertiary/aromatic N) is 8. The lowest BCUT2D eigenvalue weighted by atomic mass is 9.89. The van der Waals surface area contributed by atoms with Crippen LogP contribution in [0.5, 0.6) is 0 Å². The van der Waals surface area contributed by atoms with Crippen molar-refractivity contribution in [1.82, 2.24) is 39.7 Å². The van der Waals surface area contributed by atoms with Gasteiger partial charge in [-0.3, -0.25) is 0 Å². The summed E-state index contributed by atoms with van der Waals surface area (Å²) in [6.07, 6.45) is 9.81. The summed E-state index contributed by atoms with van der Waals surface area (Å²) in [5.74, 6) is 2.40. The number of thiazole rings is 2. The third-order valence-corrected chi connectivity index (χ3v) is 16.8. The first kappa shape index (κ1) is 48.9. The lowest BCUT2D eigenvalue weighted by Crippen LogP contribution is -2.42. The zero-order valence-corrected chi connectivity index (χ0v) is 44.6. The smallest absolute Gasteiger partial charge is 0.410 e. The molecule has 4 aliphatic rings. The van der Waals surface area contributed by atoms with E-state index in [1.807, 2.05) is 44.4 Å². The van der Waals surface area contributed by atoms with Crippen molar-refractivity contribution < 1.29 is 19.1 Å². The fraction of sp³-hybridized carbons (Fsp3) is 0.686. The molecule has 0 aromatic carbocycles. The molecule has 66 heavy (non-hydrogen) atoms. The van der Waals surface area contributed by atoms with Crippen LogP contribution in [-0.2, 0) is 31.1 Å². The van der Waals surface area contributed by atoms with E-state index in [-0.39, 0.29) is 39.8 Å². The maximum atomic E-state index is 13.6. The van der Waals surface area contributed by atoms with Gasteiger partial charge in [-0.2, -0.15) is 0 Å². The van der Waals surface area contributed by atoms with Gasteiger partial charge in [-0.05, 0) is 133 Å². The molecule has 12 nitrogen and oxygen atoms in total. The van der Waals surface area contributed by atoms with Crippen LogP contribution in [0.2, 0.25) is 0 Å². The highest BCUT2D eigenvalue weighted by atomic mass is 79.9. The summed E-state index contributed by atoms with van der Waals surface area (Å²) in [6.45, 7) is 27.8. The number of carbonyl (C=O) groups is 2. The summed E-state index contributed by atoms with van der Waals surface area (Å²) in [4.78, 5) is 60.9. The van der Waals surface area contributed by atoms with Crippen molar-refractivity contribution in [2.75, 3.05) is 26.2 Å². The average molecular weight is 1000 g/mol. The first-order valence-corrected chi connectivity index (χ1v) is 26.7. The van der Waals surface area contributed by atoms with Crippen LogP contribution in [0.1, 0.15) is 199 Å². The molecule has 0 atom stereocenters. The number of carbonyl (C=O) groups excluding carboxylic acids is 2. The Morgan fingerprint density at radius 3 is 1.76 bits per heavy atom. The molecule has 15 heteroatoms. The molecule has 4 aromatic rings. The van der Waals surface area contributed by atoms with E-state index < -0.39 is 11.2 Å². The summed E-state index contributed by atoms with van der Waals surface area (Å²) in [6, 6.07) is 4.23. The zero-order chi connectivity index (χ0) is 47.6. The second-order valence-electron chi connectivity index (χ2n) is 23.5. The minimum absolute atomic E-state index is 0.0724. The molecule has 2 aliphatic carbocycles. The van der Waals surface area contributed by atoms with Gasteiger partial charge in [0.15, 0.2) is 0 Å². The van der Waals surface area contributed by atoms with Crippen molar-refractivity contribution in [2.45, 2.75) is 198 Å². The molecular formula is C51H71BrN8O4S2. The monoisotopic (exact) mass is 1000 g/mol. The van der Waals surface area contributed by atoms with Crippen molar-refractivity contribution in [1.29, 1.82) is 0 Å². The molecular weight excluding hydrogens is 933 g/mol. The van der Waals surface area contributed by atoms with E-state index in [2.05, 4.69) is 81.9 Å². The van der Waals surface area contributed by atoms with Crippen LogP contribution in [0, 0.1) is 0 Å². The van der Waals surface area contributed by atoms with Crippen LogP contribution in [0.15, 0.2) is 21.3 Å². The fourth-order valence-electron chi connectivity index (χ4n) is 8.96. The van der Waals surface area contributed by atoms with Gasteiger partial charge < -0.3 is 19.3 Å². The van der Waals surface area contributed by atoms with Crippen LogP contribution in [0.4, 0.5) is 9.59 Å². The maximum absolute atomic E-state index is 13.6. The molecule has 0 N–H and O–H groups in total. The van der Waals surface area contributed by atoms with Gasteiger partial charge in [0.25, 0.3) is 0 Å². The second-order valence-corrected chi connectivity index (χ2v) is 26.7. The molecule has 0 unspecified atom stereocenters. The highest BCUT2D eigenvalue weighted by Gasteiger charge is 2.48. The van der Waals surface area contributed by atoms with E-state index in [0.717, 1.165) is 130 Å². The Bertz CT molecular complexity index is 2400. The molecule has 4 fully saturated rings. The Hall–Kier alpha value is -3.56. The van der Waals surface area contributed by atoms with E-state index >= 15 is 0 Å². The molecule has 0 radical (unpaired) electrons. The van der Waals surface area contributed by atoms with Gasteiger partial charge in [-0.25, -0.2) is 39.5 Å². The lowest BCUT2D eigenvalue weighted by molar-refractivity contribution is 0.00298. The van der Waals surface area contributed by atoms with E-state index in [1.165, 1.54) is 0 Å². The SMILES string of the molecule is CC(C)(C)OC(=O)N1CCC(c2nc(-c3cc(C(C)(C)C)nc(C4(CCCC(C)(C)OC(=O)N5CCC(c6nc(-c7cc(C(C)(C)C)nc(C8(C)CC8)n7)cs6)CC5)CC4)n3)c(Br)s2)CC1. The van der Waals surface area contributed by atoms with Crippen LogP contribution >= 0.6 is 38.6 Å². The number of aromatic nitrogens is 6. The highest BCUT2D eigenvalue weighted by molar-refractivity contribution is 9.11. The number of likely N-dealkylation sites (tertiary alicyclic amines) is 2. The number of ether oxygens (including phenoxy) is 2. The number of rotatable bonds is 11. The summed E-state index contributed by atoms with van der Waals surface area (Å²) in [7, 11) is 0. The Labute approximate surface area is 409 Å². The molecule has 0 spiro atoms. The van der Waals surface area contributed by atoms with E-state index in [0.29, 0.717) is 32.1 Å². The predicted octanol–water partition coefficient (Wildman–Crippen LogP) is 13.0. The van der Waals surface area contributed by atoms with Gasteiger partial charge in [-0.1, -0.05) is 48.5 Å². The molecule has 358 valence electrons. The van der Waals surface area contributed by atoms with Gasteiger partial charge in [0.05, 0.1) is 42.3 Å². The molecule has 6 heterocycles. The molecule has 0 bridgehead atoms. The molecule has 2 saturated heterocycles. The number of halogens is 1. The van der Waals surface area contributed by atoms with Gasteiger partial charge in [0.1, 0.15) is 28.5 Å². The maximum Gasteiger partial charge on any atom is 0.410 e. The summed E-state index contributed by atoms with van der Waals surface area (Å²) < 4.78 is 12.8. The van der Waals surface area contributed by atoms with Crippen molar-refractivity contribution in [3.63, 3.8) is 0 Å². The highest BCUT2D eigenvalue weighted by Crippen LogP contribution is 2.52. The van der Waals surface area contributed by atoms with Crippen molar-refractivity contribution >= 4 is 50.8 Å². The van der Waals surface area contributed by atoms with E-state index in [9.17, 15) is 9.59 Å². The van der Waals surface area contributed by atoms with Gasteiger partial charge in [0, 0.05) is 65.1 Å². The first-order valence-electron chi connectivity index (χ1n) is 24.2. The Morgan fingerprint density at radius 2 is 1.21 bits per heavy atom. The molecule has 4 aromatic heterocycles. The number of hydrogen-bond acceptors (Lipinski definition) is 12. The van der Waals surface area contributed by atoms with E-state index in [1.54, 1.807) is 22.7 Å². The number of hydrogen-bond donors (Lipinski definition) is 0. The first-order chi connectivity index (χ1) is 30.8. The second kappa shape index (κ2) is 18.1. The van der Waals surface area contributed by atoms with Gasteiger partial charge >= 0.3 is 12.2 Å². The third kappa shape index (κ3) is 11.3. The summed E-state index contributed by atoms with van der Waals surface area (Å²) in [5, 5.41) is 4.33. The van der Waals surface area contributed by atoms with Crippen molar-refractivity contribution in [2.24, 2.45) is 0 Å². The minimum Gasteiger partial charge on any atom is -0.444 e. The molecule has 2 aliphatic heterocycles. The van der Waals surface area contributed by atoms with Crippen LogP contribution in [-0.4, -0.2) is 89.3 Å². The topological polar surface area (TPSA) is 136 Å². The minimum atomic E-state index is -0.613. The van der Waals surface area contributed by atoms with Gasteiger partial charge in [-0.15, -0.1) is 22.7 Å². The van der Waals surface area contributed by atoms with Crippen molar-refractivity contribution in [3.8, 4) is 22.8 Å². The largest absolute Gasteiger partial charge is 0.444 e. The normalized spacial score (nSPS) is 19.2. The quantitative estimate of drug-likeness (QED) is 0.143. The Kier molecular flexibility index (Phi) is 13.4. The van der Waals surface area contributed by atoms with Gasteiger partial charge in [0.2, 0.25) is 0 Å². The standard InChI is InChI=1S/C51H71BrN8O4S2/c1-46(2,3)36-28-33(54-42(56-36)50(12)20-21-50)35-30-65-40(53-35)31-14-24-60(25-15-31)45(62)64-49(10,11)18-13-19-51(22-23-51)43-55-34(29-37(57-43)47(4,5)6)38-39(52)66-41(58-38)32-16-26-59(27-17-32)44(61)63-48(7,8)9/h28-32H,13-27H2,1-12H3. The Balaban J connectivity index is 0.859. The summed E-state index contributed by atoms with van der Waals surface area (Å²) in [5.41, 5.74) is 4.20. The average Bonchev–Trinajstić information content (AvgIpc) is 4.10. The van der Waals surface area contributed by atoms with E-state index in [4.69, 9.17) is 39.4 Å². The Morgan fingerprint density at radius 1 is 0.682 bits per heavy atom. The molecule has 2 amide bonds. The van der Waals surface area contributed by atoms with Crippen molar-refractivity contribution in [3.05, 3.63) is 54.4 Å². The number of piperidine rings is 2. The number of amides is 2. The lowest BCUT2D eigenvalue weighted by Gasteiger charge is -2.34. The van der Waals surface area contributed by atoms with Crippen LogP contribution in [0.25, 0.3) is 22.8 Å². The zero-order valence-electron chi connectivity index (χ0n) is 41.4. The van der Waals surface area contributed by atoms with Crippen LogP contribution in [0.3, 0.4) is 0 Å². The predicted molar refractivity (Wildman–Crippen MR) is 267 cm³/mol.